The van der Waals surface area contributed by atoms with E-state index in [1.807, 2.05) is 19.1 Å². The van der Waals surface area contributed by atoms with Gasteiger partial charge in [0.05, 0.1) is 11.1 Å². The molecule has 3 rings (SSSR count). The summed E-state index contributed by atoms with van der Waals surface area (Å²) in [6.45, 7) is 2.06. The molecule has 1 aromatic heterocycles. The number of benzene rings is 2. The molecule has 1 heterocycles. The van der Waals surface area contributed by atoms with E-state index in [4.69, 9.17) is 16.3 Å². The van der Waals surface area contributed by atoms with E-state index in [1.54, 1.807) is 24.3 Å². The van der Waals surface area contributed by atoms with E-state index in [2.05, 4.69) is 30.6 Å². The molecule has 0 aliphatic heterocycles. The largest absolute Gasteiger partial charge is 0.470 e. The van der Waals surface area contributed by atoms with Gasteiger partial charge in [-0.15, -0.1) is 0 Å². The fourth-order valence-electron chi connectivity index (χ4n) is 2.16. The van der Waals surface area contributed by atoms with Crippen molar-refractivity contribution in [2.24, 2.45) is 0 Å². The van der Waals surface area contributed by atoms with Crippen LogP contribution in [0.1, 0.15) is 11.1 Å². The average molecular weight is 469 g/mol. The highest BCUT2D eigenvalue weighted by molar-refractivity contribution is 9.10. The minimum Gasteiger partial charge on any atom is -0.470 e. The van der Waals surface area contributed by atoms with Gasteiger partial charge in [0.25, 0.3) is 15.9 Å². The van der Waals surface area contributed by atoms with Gasteiger partial charge >= 0.3 is 0 Å². The van der Waals surface area contributed by atoms with Gasteiger partial charge in [0, 0.05) is 5.02 Å². The van der Waals surface area contributed by atoms with Gasteiger partial charge in [-0.25, -0.2) is 18.4 Å². The van der Waals surface area contributed by atoms with E-state index in [9.17, 15) is 8.42 Å². The monoisotopic (exact) mass is 467 g/mol. The van der Waals surface area contributed by atoms with Crippen LogP contribution in [0.4, 0.5) is 5.82 Å². The Morgan fingerprint density at radius 2 is 1.78 bits per heavy atom. The molecule has 1 N–H and O–H groups in total. The van der Waals surface area contributed by atoms with Crippen molar-refractivity contribution in [1.29, 1.82) is 0 Å². The molecule has 0 atom stereocenters. The molecule has 140 valence electrons. The smallest absolute Gasteiger partial charge is 0.263 e. The van der Waals surface area contributed by atoms with Crippen molar-refractivity contribution in [3.63, 3.8) is 0 Å². The molecule has 0 amide bonds. The zero-order chi connectivity index (χ0) is 19.4. The number of ether oxygens (including phenoxy) is 1. The molecular weight excluding hydrogens is 454 g/mol. The van der Waals surface area contributed by atoms with Crippen LogP contribution in [0.2, 0.25) is 5.02 Å². The van der Waals surface area contributed by atoms with Crippen LogP contribution >= 0.6 is 27.5 Å². The van der Waals surface area contributed by atoms with E-state index in [-0.39, 0.29) is 23.2 Å². The second kappa shape index (κ2) is 8.24. The Balaban J connectivity index is 1.83. The molecule has 0 radical (unpaired) electrons. The normalized spacial score (nSPS) is 11.2. The highest BCUT2D eigenvalue weighted by Crippen LogP contribution is 2.25. The standard InChI is InChI=1S/C18H15BrClN3O3S/c1-12-2-8-15(9-3-12)27(24,25)23-17-18(22-16(19)10-21-17)26-11-13-4-6-14(20)7-5-13/h2-10H,11H2,1H3,(H,21,23). The van der Waals surface area contributed by atoms with Gasteiger partial charge in [-0.1, -0.05) is 41.4 Å². The molecule has 0 bridgehead atoms. The Morgan fingerprint density at radius 1 is 1.11 bits per heavy atom. The van der Waals surface area contributed by atoms with Crippen LogP contribution in [-0.2, 0) is 16.6 Å². The van der Waals surface area contributed by atoms with Crippen LogP contribution in [-0.4, -0.2) is 18.4 Å². The highest BCUT2D eigenvalue weighted by atomic mass is 79.9. The third-order valence-electron chi connectivity index (χ3n) is 3.56. The number of aromatic nitrogens is 2. The summed E-state index contributed by atoms with van der Waals surface area (Å²) in [7, 11) is -3.82. The molecule has 2 aromatic carbocycles. The lowest BCUT2D eigenvalue weighted by Gasteiger charge is -2.12. The summed E-state index contributed by atoms with van der Waals surface area (Å²) < 4.78 is 33.7. The molecule has 6 nitrogen and oxygen atoms in total. The molecular formula is C18H15BrClN3O3S. The topological polar surface area (TPSA) is 81.2 Å². The van der Waals surface area contributed by atoms with Gasteiger partial charge in [0.2, 0.25) is 5.82 Å². The van der Waals surface area contributed by atoms with E-state index < -0.39 is 10.0 Å². The number of nitrogens with zero attached hydrogens (tertiary/aromatic N) is 2. The lowest BCUT2D eigenvalue weighted by molar-refractivity contribution is 0.294. The van der Waals surface area contributed by atoms with Crippen molar-refractivity contribution < 1.29 is 13.2 Å². The molecule has 27 heavy (non-hydrogen) atoms. The summed E-state index contributed by atoms with van der Waals surface area (Å²) >= 11 is 9.09. The average Bonchev–Trinajstić information content (AvgIpc) is 2.63. The van der Waals surface area contributed by atoms with Crippen LogP contribution in [0.25, 0.3) is 0 Å². The highest BCUT2D eigenvalue weighted by Gasteiger charge is 2.19. The Labute approximate surface area is 170 Å². The van der Waals surface area contributed by atoms with Gasteiger partial charge in [-0.3, -0.25) is 4.72 Å². The second-order valence-corrected chi connectivity index (χ2v) is 8.61. The fraction of sp³-hybridized carbons (Fsp3) is 0.111. The molecule has 0 spiro atoms. The molecule has 0 fully saturated rings. The van der Waals surface area contributed by atoms with E-state index in [0.29, 0.717) is 9.63 Å². The van der Waals surface area contributed by atoms with Crippen molar-refractivity contribution >= 4 is 43.4 Å². The van der Waals surface area contributed by atoms with Gasteiger partial charge in [0.1, 0.15) is 11.2 Å². The van der Waals surface area contributed by atoms with Crippen LogP contribution < -0.4 is 9.46 Å². The summed E-state index contributed by atoms with van der Waals surface area (Å²) in [6, 6.07) is 13.6. The lowest BCUT2D eigenvalue weighted by Crippen LogP contribution is -2.15. The maximum atomic E-state index is 12.6. The number of halogens is 2. The second-order valence-electron chi connectivity index (χ2n) is 5.68. The maximum Gasteiger partial charge on any atom is 0.263 e. The molecule has 0 saturated heterocycles. The van der Waals surface area contributed by atoms with Gasteiger partial charge in [0.15, 0.2) is 0 Å². The van der Waals surface area contributed by atoms with Crippen molar-refractivity contribution in [2.75, 3.05) is 4.72 Å². The lowest BCUT2D eigenvalue weighted by atomic mass is 10.2. The van der Waals surface area contributed by atoms with Gasteiger partial charge < -0.3 is 4.74 Å². The van der Waals surface area contributed by atoms with Crippen molar-refractivity contribution in [3.8, 4) is 5.88 Å². The Hall–Kier alpha value is -2.16. The summed E-state index contributed by atoms with van der Waals surface area (Å²) in [5.41, 5.74) is 1.82. The Kier molecular flexibility index (Phi) is 5.98. The summed E-state index contributed by atoms with van der Waals surface area (Å²) in [5.74, 6) is 0.0720. The SMILES string of the molecule is Cc1ccc(S(=O)(=O)Nc2ncc(Br)nc2OCc2ccc(Cl)cc2)cc1. The minimum atomic E-state index is -3.82. The number of rotatable bonds is 6. The van der Waals surface area contributed by atoms with Crippen molar-refractivity contribution in [3.05, 3.63) is 75.5 Å². The first-order valence-electron chi connectivity index (χ1n) is 7.83. The summed E-state index contributed by atoms with van der Waals surface area (Å²) in [4.78, 5) is 8.39. The molecule has 3 aromatic rings. The maximum absolute atomic E-state index is 12.6. The number of hydrogen-bond donors (Lipinski definition) is 1. The predicted octanol–water partition coefficient (Wildman–Crippen LogP) is 4.58. The number of anilines is 1. The first kappa shape index (κ1) is 19.6. The summed E-state index contributed by atoms with van der Waals surface area (Å²) in [5, 5.41) is 0.618. The first-order valence-corrected chi connectivity index (χ1v) is 10.5. The van der Waals surface area contributed by atoms with Crippen molar-refractivity contribution in [2.45, 2.75) is 18.4 Å². The van der Waals surface area contributed by atoms with E-state index >= 15 is 0 Å². The Bertz CT molecular complexity index is 1040. The predicted molar refractivity (Wildman–Crippen MR) is 108 cm³/mol. The third-order valence-corrected chi connectivity index (χ3v) is 5.55. The minimum absolute atomic E-state index is 0.00717. The quantitative estimate of drug-likeness (QED) is 0.573. The van der Waals surface area contributed by atoms with Crippen LogP contribution in [0.5, 0.6) is 5.88 Å². The van der Waals surface area contributed by atoms with E-state index in [0.717, 1.165) is 11.1 Å². The van der Waals surface area contributed by atoms with Gasteiger partial charge in [-0.05, 0) is 52.7 Å². The number of hydrogen-bond acceptors (Lipinski definition) is 5. The molecule has 0 saturated carbocycles. The number of aryl methyl sites for hydroxylation is 1. The van der Waals surface area contributed by atoms with Gasteiger partial charge in [-0.2, -0.15) is 0 Å². The molecule has 0 aliphatic rings. The molecule has 0 aliphatic carbocycles. The first-order chi connectivity index (χ1) is 12.8. The zero-order valence-corrected chi connectivity index (χ0v) is 17.3. The molecule has 0 unspecified atom stereocenters. The van der Waals surface area contributed by atoms with Crippen LogP contribution in [0.3, 0.4) is 0 Å². The number of sulfonamides is 1. The molecule has 9 heteroatoms. The zero-order valence-electron chi connectivity index (χ0n) is 14.2. The number of nitrogens with one attached hydrogen (secondary N) is 1. The van der Waals surface area contributed by atoms with Crippen LogP contribution in [0, 0.1) is 6.92 Å². The Morgan fingerprint density at radius 3 is 2.44 bits per heavy atom. The van der Waals surface area contributed by atoms with Crippen molar-refractivity contribution in [1.82, 2.24) is 9.97 Å². The fourth-order valence-corrected chi connectivity index (χ4v) is 3.55. The van der Waals surface area contributed by atoms with E-state index in [1.165, 1.54) is 18.3 Å². The third kappa shape index (κ3) is 5.18. The summed E-state index contributed by atoms with van der Waals surface area (Å²) in [6.07, 6.45) is 1.39. The van der Waals surface area contributed by atoms with Crippen LogP contribution in [0.15, 0.2) is 64.2 Å².